The van der Waals surface area contributed by atoms with Crippen LogP contribution in [0.3, 0.4) is 0 Å². The molecule has 3 heterocycles. The van der Waals surface area contributed by atoms with Crippen molar-refractivity contribution in [2.75, 3.05) is 5.32 Å². The Balaban J connectivity index is 1.57. The third-order valence-corrected chi connectivity index (χ3v) is 4.55. The van der Waals surface area contributed by atoms with Gasteiger partial charge in [-0.15, -0.1) is 0 Å². The Bertz CT molecular complexity index is 857. The molecule has 23 heavy (non-hydrogen) atoms. The predicted octanol–water partition coefficient (Wildman–Crippen LogP) is 3.47. The maximum Gasteiger partial charge on any atom is 0.150 e. The van der Waals surface area contributed by atoms with Gasteiger partial charge in [-0.2, -0.15) is 5.10 Å². The van der Waals surface area contributed by atoms with E-state index in [2.05, 4.69) is 39.4 Å². The van der Waals surface area contributed by atoms with E-state index in [0.717, 1.165) is 54.0 Å². The number of benzene rings is 1. The van der Waals surface area contributed by atoms with Crippen LogP contribution in [0.15, 0.2) is 30.3 Å². The largest absolute Gasteiger partial charge is 0.365 e. The van der Waals surface area contributed by atoms with Crippen LogP contribution >= 0.6 is 11.6 Å². The Labute approximate surface area is 139 Å². The van der Waals surface area contributed by atoms with Gasteiger partial charge in [0.05, 0.1) is 6.54 Å². The Morgan fingerprint density at radius 1 is 1.30 bits per heavy atom. The Hall–Kier alpha value is -2.14. The number of nitrogens with one attached hydrogen (secondary N) is 1. The van der Waals surface area contributed by atoms with Crippen LogP contribution in [0.25, 0.3) is 10.8 Å². The van der Waals surface area contributed by atoms with Crippen molar-refractivity contribution in [1.82, 2.24) is 19.7 Å². The molecule has 1 aliphatic rings. The summed E-state index contributed by atoms with van der Waals surface area (Å²) in [6.07, 6.45) is 2.83. The molecule has 0 spiro atoms. The van der Waals surface area contributed by atoms with Crippen LogP contribution in [0.1, 0.15) is 25.0 Å². The molecule has 5 nitrogen and oxygen atoms in total. The summed E-state index contributed by atoms with van der Waals surface area (Å²) in [5, 5.41) is 10.7. The molecule has 1 unspecified atom stereocenters. The summed E-state index contributed by atoms with van der Waals surface area (Å²) in [4.78, 5) is 9.03. The molecular weight excluding hydrogens is 310 g/mol. The highest BCUT2D eigenvalue weighted by molar-refractivity contribution is 6.34. The fraction of sp³-hybridized carbons (Fsp3) is 0.353. The number of fused-ring (bicyclic) bond motifs is 2. The third-order valence-electron chi connectivity index (χ3n) is 4.26. The zero-order chi connectivity index (χ0) is 15.8. The second-order valence-electron chi connectivity index (χ2n) is 5.88. The quantitative estimate of drug-likeness (QED) is 0.748. The van der Waals surface area contributed by atoms with E-state index in [9.17, 15) is 0 Å². The van der Waals surface area contributed by atoms with Crippen LogP contribution in [0, 0.1) is 0 Å². The summed E-state index contributed by atoms with van der Waals surface area (Å²) in [6.45, 7) is 2.90. The monoisotopic (exact) mass is 327 g/mol. The number of aryl methyl sites for hydroxylation is 2. The van der Waals surface area contributed by atoms with Crippen LogP contribution in [0.4, 0.5) is 5.82 Å². The molecule has 0 amide bonds. The van der Waals surface area contributed by atoms with Crippen molar-refractivity contribution in [3.8, 4) is 0 Å². The van der Waals surface area contributed by atoms with Crippen molar-refractivity contribution in [3.05, 3.63) is 47.1 Å². The molecule has 0 fully saturated rings. The first-order valence-electron chi connectivity index (χ1n) is 7.97. The molecule has 4 rings (SSSR count). The lowest BCUT2D eigenvalue weighted by molar-refractivity contribution is 0.440. The van der Waals surface area contributed by atoms with Crippen molar-refractivity contribution in [3.63, 3.8) is 0 Å². The average molecular weight is 328 g/mol. The van der Waals surface area contributed by atoms with E-state index in [-0.39, 0.29) is 0 Å². The Morgan fingerprint density at radius 2 is 2.17 bits per heavy atom. The summed E-state index contributed by atoms with van der Waals surface area (Å²) in [5.41, 5.74) is 0. The van der Waals surface area contributed by atoms with Crippen molar-refractivity contribution in [1.29, 1.82) is 0 Å². The van der Waals surface area contributed by atoms with Crippen molar-refractivity contribution in [2.24, 2.45) is 0 Å². The van der Waals surface area contributed by atoms with Gasteiger partial charge in [0.1, 0.15) is 16.8 Å². The second kappa shape index (κ2) is 5.81. The number of hydrogen-bond donors (Lipinski definition) is 1. The van der Waals surface area contributed by atoms with Crippen molar-refractivity contribution >= 4 is 28.2 Å². The van der Waals surface area contributed by atoms with Crippen LogP contribution in [0.5, 0.6) is 0 Å². The van der Waals surface area contributed by atoms with E-state index in [1.54, 1.807) is 0 Å². The number of aromatic nitrogens is 4. The molecule has 1 atom stereocenters. The number of rotatable bonds is 3. The van der Waals surface area contributed by atoms with Crippen LogP contribution in [0.2, 0.25) is 5.15 Å². The number of anilines is 1. The van der Waals surface area contributed by atoms with E-state index in [0.29, 0.717) is 11.2 Å². The minimum atomic E-state index is 0.290. The van der Waals surface area contributed by atoms with Gasteiger partial charge >= 0.3 is 0 Å². The van der Waals surface area contributed by atoms with Gasteiger partial charge in [-0.05, 0) is 17.9 Å². The molecule has 1 aromatic carbocycles. The molecule has 0 radical (unpaired) electrons. The number of pyridine rings is 1. The summed E-state index contributed by atoms with van der Waals surface area (Å²) in [5.74, 6) is 2.83. The third kappa shape index (κ3) is 2.77. The van der Waals surface area contributed by atoms with E-state index in [1.807, 2.05) is 22.9 Å². The topological polar surface area (TPSA) is 55.6 Å². The maximum atomic E-state index is 6.30. The number of nitrogens with zero attached hydrogens (tertiary/aromatic N) is 4. The van der Waals surface area contributed by atoms with Crippen molar-refractivity contribution in [2.45, 2.75) is 38.8 Å². The normalized spacial score (nSPS) is 17.2. The zero-order valence-corrected chi connectivity index (χ0v) is 13.7. The fourth-order valence-corrected chi connectivity index (χ4v) is 3.33. The van der Waals surface area contributed by atoms with E-state index in [1.165, 1.54) is 0 Å². The van der Waals surface area contributed by atoms with Gasteiger partial charge in [0.15, 0.2) is 5.82 Å². The second-order valence-corrected chi connectivity index (χ2v) is 6.24. The van der Waals surface area contributed by atoms with E-state index < -0.39 is 0 Å². The molecule has 0 saturated carbocycles. The highest BCUT2D eigenvalue weighted by Crippen LogP contribution is 2.25. The van der Waals surface area contributed by atoms with Crippen molar-refractivity contribution < 1.29 is 0 Å². The summed E-state index contributed by atoms with van der Waals surface area (Å²) >= 11 is 6.30. The molecule has 1 N–H and O–H groups in total. The molecule has 118 valence electrons. The minimum Gasteiger partial charge on any atom is -0.365 e. The molecule has 0 aliphatic carbocycles. The molecule has 2 aromatic heterocycles. The molecule has 6 heteroatoms. The van der Waals surface area contributed by atoms with Crippen LogP contribution in [-0.2, 0) is 19.4 Å². The smallest absolute Gasteiger partial charge is 0.150 e. The highest BCUT2D eigenvalue weighted by atomic mass is 35.5. The molecule has 1 aliphatic heterocycles. The van der Waals surface area contributed by atoms with Gasteiger partial charge < -0.3 is 5.32 Å². The summed E-state index contributed by atoms with van der Waals surface area (Å²) < 4.78 is 2.02. The number of halogens is 1. The molecule has 0 saturated heterocycles. The maximum absolute atomic E-state index is 6.30. The zero-order valence-electron chi connectivity index (χ0n) is 13.0. The first-order chi connectivity index (χ1) is 11.2. The predicted molar refractivity (Wildman–Crippen MR) is 91.9 cm³/mol. The SMILES string of the molecule is CCc1nc2n(n1)CC(Nc1cc3ccccc3c(Cl)n1)CC2. The van der Waals surface area contributed by atoms with Crippen LogP contribution in [-0.4, -0.2) is 25.8 Å². The van der Waals surface area contributed by atoms with Gasteiger partial charge in [-0.1, -0.05) is 42.8 Å². The molecule has 0 bridgehead atoms. The van der Waals surface area contributed by atoms with Gasteiger partial charge in [-0.25, -0.2) is 14.6 Å². The highest BCUT2D eigenvalue weighted by Gasteiger charge is 2.21. The lowest BCUT2D eigenvalue weighted by Gasteiger charge is -2.24. The summed E-state index contributed by atoms with van der Waals surface area (Å²) in [7, 11) is 0. The average Bonchev–Trinajstić information content (AvgIpc) is 2.97. The van der Waals surface area contributed by atoms with E-state index in [4.69, 9.17) is 11.6 Å². The first kappa shape index (κ1) is 14.5. The molecular formula is C17H18ClN5. The van der Waals surface area contributed by atoms with Gasteiger partial charge in [0.2, 0.25) is 0 Å². The lowest BCUT2D eigenvalue weighted by atomic mass is 10.1. The van der Waals surface area contributed by atoms with Gasteiger partial charge in [-0.3, -0.25) is 0 Å². The van der Waals surface area contributed by atoms with Gasteiger partial charge in [0.25, 0.3) is 0 Å². The van der Waals surface area contributed by atoms with E-state index >= 15 is 0 Å². The Kier molecular flexibility index (Phi) is 3.65. The number of hydrogen-bond acceptors (Lipinski definition) is 4. The standard InChI is InChI=1S/C17H18ClN5/c1-2-14-20-16-8-7-12(10-23(16)22-14)19-15-9-11-5-3-4-6-13(11)17(18)21-15/h3-6,9,12H,2,7-8,10H2,1H3,(H,19,21). The minimum absolute atomic E-state index is 0.290. The lowest BCUT2D eigenvalue weighted by Crippen LogP contribution is -2.32. The molecule has 3 aromatic rings. The fourth-order valence-electron chi connectivity index (χ4n) is 3.07. The summed E-state index contributed by atoms with van der Waals surface area (Å²) in [6, 6.07) is 10.4. The Morgan fingerprint density at radius 3 is 3.04 bits per heavy atom. The van der Waals surface area contributed by atoms with Gasteiger partial charge in [0, 0.05) is 24.3 Å². The van der Waals surface area contributed by atoms with Crippen LogP contribution < -0.4 is 5.32 Å². The first-order valence-corrected chi connectivity index (χ1v) is 8.35.